The lowest BCUT2D eigenvalue weighted by Gasteiger charge is -2.27. The number of hydrogen-bond acceptors (Lipinski definition) is 3. The zero-order valence-corrected chi connectivity index (χ0v) is 18.2. The first-order valence-electron chi connectivity index (χ1n) is 10.8. The van der Waals surface area contributed by atoms with E-state index in [2.05, 4.69) is 16.9 Å². The molecule has 5 rings (SSSR count). The zero-order valence-electron chi connectivity index (χ0n) is 18.2. The molecular weight excluding hydrogens is 462 g/mol. The van der Waals surface area contributed by atoms with Crippen molar-refractivity contribution in [2.45, 2.75) is 18.6 Å². The van der Waals surface area contributed by atoms with Gasteiger partial charge < -0.3 is 16.0 Å². The van der Waals surface area contributed by atoms with Gasteiger partial charge in [-0.2, -0.15) is 13.2 Å². The molecule has 1 aromatic heterocycles. The summed E-state index contributed by atoms with van der Waals surface area (Å²) in [5.74, 6) is -1.89. The van der Waals surface area contributed by atoms with Gasteiger partial charge in [-0.1, -0.05) is 30.8 Å². The monoisotopic (exact) mass is 481 g/mol. The molecule has 9 heteroatoms. The number of aromatic amines is 1. The molecule has 1 unspecified atom stereocenters. The van der Waals surface area contributed by atoms with Crippen LogP contribution in [0, 0.1) is 5.82 Å². The topological polar surface area (TPSA) is 88.0 Å². The Morgan fingerprint density at radius 2 is 1.91 bits per heavy atom. The molecule has 1 aliphatic rings. The van der Waals surface area contributed by atoms with Gasteiger partial charge in [0.25, 0.3) is 5.91 Å². The Morgan fingerprint density at radius 1 is 1.14 bits per heavy atom. The first-order chi connectivity index (χ1) is 16.6. The number of aromatic nitrogens is 1. The quantitative estimate of drug-likeness (QED) is 0.277. The molecule has 4 N–H and O–H groups in total. The molecule has 0 aliphatic carbocycles. The minimum atomic E-state index is -4.58. The number of alkyl halides is 3. The molecule has 1 amide bonds. The number of nitrogens with one attached hydrogen (secondary N) is 2. The van der Waals surface area contributed by atoms with E-state index in [9.17, 15) is 22.8 Å². The van der Waals surface area contributed by atoms with Crippen LogP contribution in [0.4, 0.5) is 17.6 Å². The molecule has 1 atom stereocenters. The predicted octanol–water partition coefficient (Wildman–Crippen LogP) is 5.19. The van der Waals surface area contributed by atoms with Crippen LogP contribution in [0.2, 0.25) is 0 Å². The smallest absolute Gasteiger partial charge is 0.366 e. The summed E-state index contributed by atoms with van der Waals surface area (Å²) in [5, 5.41) is 3.70. The average molecular weight is 481 g/mol. The molecule has 0 fully saturated rings. The first kappa shape index (κ1) is 22.8. The highest BCUT2D eigenvalue weighted by atomic mass is 19.4. The van der Waals surface area contributed by atoms with E-state index in [0.29, 0.717) is 29.5 Å². The zero-order chi connectivity index (χ0) is 25.1. The number of nitrogens with two attached hydrogens (primary N) is 1. The Kier molecular flexibility index (Phi) is 5.25. The molecule has 0 radical (unpaired) electrons. The summed E-state index contributed by atoms with van der Waals surface area (Å²) < 4.78 is 55.6. The molecule has 3 aromatic carbocycles. The number of rotatable bonds is 4. The molecule has 0 bridgehead atoms. The largest absolute Gasteiger partial charge is 0.416 e. The van der Waals surface area contributed by atoms with Crippen molar-refractivity contribution >= 4 is 33.5 Å². The van der Waals surface area contributed by atoms with Gasteiger partial charge in [-0.3, -0.25) is 9.59 Å². The van der Waals surface area contributed by atoms with Crippen LogP contribution in [0.25, 0.3) is 32.9 Å². The molecule has 1 aliphatic heterocycles. The van der Waals surface area contributed by atoms with Gasteiger partial charge in [-0.25, -0.2) is 4.39 Å². The lowest BCUT2D eigenvalue weighted by atomic mass is 9.84. The maximum atomic E-state index is 15.7. The minimum Gasteiger partial charge on any atom is -0.366 e. The Hall–Kier alpha value is -3.98. The molecule has 178 valence electrons. The van der Waals surface area contributed by atoms with Gasteiger partial charge in [-0.15, -0.1) is 0 Å². The van der Waals surface area contributed by atoms with E-state index in [1.54, 1.807) is 18.2 Å². The van der Waals surface area contributed by atoms with Gasteiger partial charge in [0.2, 0.25) is 0 Å². The lowest BCUT2D eigenvalue weighted by molar-refractivity contribution is -0.137. The van der Waals surface area contributed by atoms with Crippen molar-refractivity contribution in [3.05, 3.63) is 83.2 Å². The van der Waals surface area contributed by atoms with Crippen LogP contribution in [0.1, 0.15) is 33.1 Å². The second-order valence-electron chi connectivity index (χ2n) is 8.40. The summed E-state index contributed by atoms with van der Waals surface area (Å²) in [6.07, 6.45) is -2.87. The van der Waals surface area contributed by atoms with Crippen molar-refractivity contribution in [2.75, 3.05) is 6.54 Å². The number of amides is 1. The van der Waals surface area contributed by atoms with Crippen molar-refractivity contribution in [3.63, 3.8) is 0 Å². The van der Waals surface area contributed by atoms with Crippen LogP contribution in [-0.2, 0) is 17.4 Å². The predicted molar refractivity (Wildman–Crippen MR) is 124 cm³/mol. The Labute approximate surface area is 196 Å². The summed E-state index contributed by atoms with van der Waals surface area (Å²) in [5.41, 5.74) is 6.69. The van der Waals surface area contributed by atoms with E-state index in [1.165, 1.54) is 12.1 Å². The summed E-state index contributed by atoms with van der Waals surface area (Å²) in [7, 11) is 0. The van der Waals surface area contributed by atoms with Crippen molar-refractivity contribution in [2.24, 2.45) is 5.73 Å². The number of H-pyrrole nitrogens is 1. The third-order valence-corrected chi connectivity index (χ3v) is 6.42. The maximum absolute atomic E-state index is 15.7. The van der Waals surface area contributed by atoms with Gasteiger partial charge in [0.05, 0.1) is 22.7 Å². The minimum absolute atomic E-state index is 0.0929. The number of halogens is 4. The van der Waals surface area contributed by atoms with Crippen molar-refractivity contribution in [1.29, 1.82) is 0 Å². The fourth-order valence-corrected chi connectivity index (χ4v) is 4.90. The van der Waals surface area contributed by atoms with Crippen LogP contribution in [0.5, 0.6) is 0 Å². The summed E-state index contributed by atoms with van der Waals surface area (Å²) >= 11 is 0. The second kappa shape index (κ2) is 8.06. The molecule has 0 saturated heterocycles. The molecular formula is C26H19F4N3O2. The van der Waals surface area contributed by atoms with Gasteiger partial charge in [0, 0.05) is 28.4 Å². The fraction of sp³-hybridized carbons (Fsp3) is 0.154. The van der Waals surface area contributed by atoms with Gasteiger partial charge >= 0.3 is 6.18 Å². The van der Waals surface area contributed by atoms with Crippen LogP contribution < -0.4 is 11.1 Å². The molecule has 0 saturated carbocycles. The van der Waals surface area contributed by atoms with Crippen LogP contribution >= 0.6 is 0 Å². The first-order valence-corrected chi connectivity index (χ1v) is 10.8. The van der Waals surface area contributed by atoms with E-state index in [-0.39, 0.29) is 33.3 Å². The van der Waals surface area contributed by atoms with Crippen LogP contribution in [0.3, 0.4) is 0 Å². The maximum Gasteiger partial charge on any atom is 0.416 e. The molecule has 4 aromatic rings. The third kappa shape index (κ3) is 3.59. The Bertz CT molecular complexity index is 1550. The Balaban J connectivity index is 1.87. The van der Waals surface area contributed by atoms with Crippen LogP contribution in [-0.4, -0.2) is 23.2 Å². The van der Waals surface area contributed by atoms with Crippen LogP contribution in [0.15, 0.2) is 55.1 Å². The highest BCUT2D eigenvalue weighted by molar-refractivity contribution is 6.20. The van der Waals surface area contributed by atoms with Crippen molar-refractivity contribution in [1.82, 2.24) is 10.3 Å². The standard InChI is InChI=1S/C26H19F4N3O2/c1-2-20(34)23-15-5-3-4-14(13(15)8-9-32-23)21-18(27)11-17(25(31)35)24-22(21)16-7-6-12(26(28,29)30)10-19(16)33-24/h2-7,10-11,23,32-33H,1,8-9H2,(H2,31,35). The summed E-state index contributed by atoms with van der Waals surface area (Å²) in [6, 6.07) is 8.60. The average Bonchev–Trinajstić information content (AvgIpc) is 3.20. The van der Waals surface area contributed by atoms with E-state index < -0.39 is 29.5 Å². The normalized spacial score (nSPS) is 15.8. The number of primary amides is 1. The Morgan fingerprint density at radius 3 is 2.60 bits per heavy atom. The van der Waals surface area contributed by atoms with Gasteiger partial charge in [0.15, 0.2) is 5.78 Å². The van der Waals surface area contributed by atoms with E-state index >= 15 is 4.39 Å². The molecule has 35 heavy (non-hydrogen) atoms. The van der Waals surface area contributed by atoms with E-state index in [4.69, 9.17) is 5.73 Å². The summed E-state index contributed by atoms with van der Waals surface area (Å²) in [4.78, 5) is 27.4. The number of carbonyl (C=O) groups excluding carboxylic acids is 2. The molecule has 0 spiro atoms. The highest BCUT2D eigenvalue weighted by Gasteiger charge is 2.32. The lowest BCUT2D eigenvalue weighted by Crippen LogP contribution is -2.34. The van der Waals surface area contributed by atoms with E-state index in [0.717, 1.165) is 23.8 Å². The van der Waals surface area contributed by atoms with E-state index in [1.807, 2.05) is 0 Å². The highest BCUT2D eigenvalue weighted by Crippen LogP contribution is 2.43. The van der Waals surface area contributed by atoms with Crippen molar-refractivity contribution in [3.8, 4) is 11.1 Å². The van der Waals surface area contributed by atoms with Gasteiger partial charge in [-0.05, 0) is 47.4 Å². The number of benzene rings is 3. The number of ketones is 1. The summed E-state index contributed by atoms with van der Waals surface area (Å²) in [6.45, 7) is 4.00. The number of hydrogen-bond donors (Lipinski definition) is 3. The number of carbonyl (C=O) groups is 2. The fourth-order valence-electron chi connectivity index (χ4n) is 4.90. The van der Waals surface area contributed by atoms with Gasteiger partial charge in [0.1, 0.15) is 5.82 Å². The van der Waals surface area contributed by atoms with Crippen molar-refractivity contribution < 1.29 is 27.2 Å². The SMILES string of the molecule is C=CC(=O)C1NCCc2c(-c3c(F)cc(C(N)=O)c4[nH]c5cc(C(F)(F)F)ccc5c34)cccc21. The molecule has 2 heterocycles. The molecule has 5 nitrogen and oxygen atoms in total. The second-order valence-corrected chi connectivity index (χ2v) is 8.40. The third-order valence-electron chi connectivity index (χ3n) is 6.42. The number of fused-ring (bicyclic) bond motifs is 4.